The highest BCUT2D eigenvalue weighted by molar-refractivity contribution is 9.10. The van der Waals surface area contributed by atoms with E-state index >= 15 is 4.39 Å². The average molecular weight is 590 g/mol. The van der Waals surface area contributed by atoms with Gasteiger partial charge in [0, 0.05) is 19.1 Å². The molecule has 0 bridgehead atoms. The smallest absolute Gasteiger partial charge is 0.407 e. The van der Waals surface area contributed by atoms with Gasteiger partial charge >= 0.3 is 17.7 Å². The van der Waals surface area contributed by atoms with Crippen molar-refractivity contribution in [3.8, 4) is 11.6 Å². The fourth-order valence-corrected chi connectivity index (χ4v) is 4.96. The largest absolute Gasteiger partial charge is 0.471 e. The van der Waals surface area contributed by atoms with Gasteiger partial charge in [-0.2, -0.15) is 0 Å². The van der Waals surface area contributed by atoms with Crippen LogP contribution in [-0.2, 0) is 4.79 Å². The molecule has 1 N–H and O–H groups in total. The summed E-state index contributed by atoms with van der Waals surface area (Å²) in [4.78, 5) is 42.8. The third-order valence-corrected chi connectivity index (χ3v) is 7.88. The number of likely N-dealkylation sites (N-methyl/N-ethyl adjacent to an activating group) is 1. The number of aromatic nitrogens is 1. The molecule has 0 spiro atoms. The van der Waals surface area contributed by atoms with Crippen molar-refractivity contribution in [1.82, 2.24) is 14.8 Å². The number of ether oxygens (including phenoxy) is 2. The number of halogens is 3. The standard InChI is InChI=1S/C22H23BrClFN4O7/c1-27-6-2-3-12(27)10-35-20-18(29(33)34)19(13-9-14(24)15(23)16(25)17(13)26-20)36-21(30)11-4-7-28(8-5-11)22(31)32/h9,11-12H,2-8,10H2,1H3,(H,31,32)/t12-/m0/s1. The molecule has 0 unspecified atom stereocenters. The van der Waals surface area contributed by atoms with Crippen LogP contribution < -0.4 is 9.47 Å². The molecule has 2 saturated heterocycles. The molecule has 0 saturated carbocycles. The maximum atomic E-state index is 15.1. The van der Waals surface area contributed by atoms with Crippen LogP contribution in [0, 0.1) is 21.8 Å². The number of rotatable bonds is 6. The SMILES string of the molecule is CN1CCC[C@H]1COc1nc2c(F)c(Br)c(Cl)cc2c(OC(=O)C2CCN(C(=O)O)CC2)c1[N+](=O)[O-]. The molecule has 36 heavy (non-hydrogen) atoms. The predicted octanol–water partition coefficient (Wildman–Crippen LogP) is 4.47. The highest BCUT2D eigenvalue weighted by Gasteiger charge is 2.35. The second-order valence-electron chi connectivity index (χ2n) is 8.79. The van der Waals surface area contributed by atoms with Crippen LogP contribution in [0.5, 0.6) is 11.6 Å². The summed E-state index contributed by atoms with van der Waals surface area (Å²) < 4.78 is 26.3. The van der Waals surface area contributed by atoms with Crippen LogP contribution in [0.1, 0.15) is 25.7 Å². The van der Waals surface area contributed by atoms with E-state index in [-0.39, 0.29) is 59.0 Å². The number of likely N-dealkylation sites (tertiary alicyclic amines) is 2. The number of pyridine rings is 1. The van der Waals surface area contributed by atoms with Crippen LogP contribution in [0.15, 0.2) is 10.5 Å². The maximum absolute atomic E-state index is 15.1. The van der Waals surface area contributed by atoms with E-state index in [0.29, 0.717) is 0 Å². The number of benzene rings is 1. The normalized spacial score (nSPS) is 19.0. The van der Waals surface area contributed by atoms with Crippen LogP contribution in [-0.4, -0.2) is 76.2 Å². The Kier molecular flexibility index (Phi) is 7.81. The lowest BCUT2D eigenvalue weighted by Gasteiger charge is -2.28. The first kappa shape index (κ1) is 26.3. The molecule has 2 fully saturated rings. The van der Waals surface area contributed by atoms with Gasteiger partial charge in [0.2, 0.25) is 5.75 Å². The fourth-order valence-electron chi connectivity index (χ4n) is 4.47. The first-order chi connectivity index (χ1) is 17.1. The summed E-state index contributed by atoms with van der Waals surface area (Å²) >= 11 is 9.15. The van der Waals surface area contributed by atoms with Crippen molar-refractivity contribution < 1.29 is 33.5 Å². The molecule has 0 aliphatic carbocycles. The molecular formula is C22H23BrClFN4O7. The number of carbonyl (C=O) groups is 2. The van der Waals surface area contributed by atoms with Crippen LogP contribution >= 0.6 is 27.5 Å². The quantitative estimate of drug-likeness (QED) is 0.224. The maximum Gasteiger partial charge on any atom is 0.407 e. The molecule has 1 amide bonds. The zero-order valence-corrected chi connectivity index (χ0v) is 21.6. The van der Waals surface area contributed by atoms with Crippen molar-refractivity contribution in [2.24, 2.45) is 5.92 Å². The van der Waals surface area contributed by atoms with Gasteiger partial charge in [-0.1, -0.05) is 11.6 Å². The molecule has 3 heterocycles. The number of carbonyl (C=O) groups excluding carboxylic acids is 1. The summed E-state index contributed by atoms with van der Waals surface area (Å²) in [7, 11) is 1.91. The van der Waals surface area contributed by atoms with E-state index < -0.39 is 46.0 Å². The number of hydrogen-bond donors (Lipinski definition) is 1. The lowest BCUT2D eigenvalue weighted by atomic mass is 9.97. The highest BCUT2D eigenvalue weighted by atomic mass is 79.9. The molecule has 4 rings (SSSR count). The second kappa shape index (κ2) is 10.7. The zero-order valence-electron chi connectivity index (χ0n) is 19.2. The van der Waals surface area contributed by atoms with E-state index in [9.17, 15) is 19.7 Å². The molecule has 2 aliphatic heterocycles. The number of carboxylic acid groups (broad SMARTS) is 1. The highest BCUT2D eigenvalue weighted by Crippen LogP contribution is 2.45. The van der Waals surface area contributed by atoms with Crippen molar-refractivity contribution in [2.75, 3.05) is 33.3 Å². The number of nitro groups is 1. The summed E-state index contributed by atoms with van der Waals surface area (Å²) in [5.41, 5.74) is -1.02. The van der Waals surface area contributed by atoms with Crippen molar-refractivity contribution >= 4 is 56.2 Å². The first-order valence-corrected chi connectivity index (χ1v) is 12.4. The van der Waals surface area contributed by atoms with Crippen molar-refractivity contribution in [1.29, 1.82) is 0 Å². The van der Waals surface area contributed by atoms with Gasteiger partial charge in [0.05, 0.1) is 25.7 Å². The van der Waals surface area contributed by atoms with Gasteiger partial charge in [-0.25, -0.2) is 14.2 Å². The number of nitrogens with zero attached hydrogens (tertiary/aromatic N) is 4. The van der Waals surface area contributed by atoms with Crippen LogP contribution in [0.25, 0.3) is 10.9 Å². The lowest BCUT2D eigenvalue weighted by molar-refractivity contribution is -0.386. The Morgan fingerprint density at radius 3 is 2.61 bits per heavy atom. The number of fused-ring (bicyclic) bond motifs is 1. The summed E-state index contributed by atoms with van der Waals surface area (Å²) in [6.45, 7) is 1.16. The Hall–Kier alpha value is -2.77. The molecule has 0 radical (unpaired) electrons. The minimum atomic E-state index is -1.09. The first-order valence-electron chi connectivity index (χ1n) is 11.3. The number of hydrogen-bond acceptors (Lipinski definition) is 8. The van der Waals surface area contributed by atoms with Crippen molar-refractivity contribution in [2.45, 2.75) is 31.7 Å². The number of amides is 1. The Balaban J connectivity index is 1.74. The minimum absolute atomic E-state index is 0.00526. The summed E-state index contributed by atoms with van der Waals surface area (Å²) in [6, 6.07) is 1.23. The Labute approximate surface area is 218 Å². The van der Waals surface area contributed by atoms with Crippen molar-refractivity contribution in [3.63, 3.8) is 0 Å². The van der Waals surface area contributed by atoms with E-state index in [0.717, 1.165) is 19.4 Å². The zero-order chi connectivity index (χ0) is 26.1. The van der Waals surface area contributed by atoms with E-state index in [4.69, 9.17) is 26.2 Å². The van der Waals surface area contributed by atoms with Crippen LogP contribution in [0.3, 0.4) is 0 Å². The van der Waals surface area contributed by atoms with E-state index in [1.165, 1.54) is 11.0 Å². The molecule has 2 aromatic rings. The third-order valence-electron chi connectivity index (χ3n) is 6.58. The van der Waals surface area contributed by atoms with Gasteiger partial charge in [0.25, 0.3) is 5.88 Å². The van der Waals surface area contributed by atoms with Gasteiger partial charge in [0.1, 0.15) is 12.1 Å². The molecule has 2 aliphatic rings. The van der Waals surface area contributed by atoms with E-state index in [1.807, 2.05) is 11.9 Å². The molecule has 194 valence electrons. The molecular weight excluding hydrogens is 567 g/mol. The van der Waals surface area contributed by atoms with Crippen LogP contribution in [0.2, 0.25) is 5.02 Å². The number of esters is 1. The summed E-state index contributed by atoms with van der Waals surface area (Å²) in [5.74, 6) is -3.36. The topological polar surface area (TPSA) is 135 Å². The third kappa shape index (κ3) is 5.18. The monoisotopic (exact) mass is 588 g/mol. The van der Waals surface area contributed by atoms with E-state index in [2.05, 4.69) is 20.9 Å². The van der Waals surface area contributed by atoms with Crippen LogP contribution in [0.4, 0.5) is 14.9 Å². The lowest BCUT2D eigenvalue weighted by Crippen LogP contribution is -2.40. The van der Waals surface area contributed by atoms with Gasteiger partial charge < -0.3 is 24.4 Å². The molecule has 14 heteroatoms. The second-order valence-corrected chi connectivity index (χ2v) is 9.99. The molecule has 1 aromatic heterocycles. The summed E-state index contributed by atoms with van der Waals surface area (Å²) in [5, 5.41) is 21.0. The average Bonchev–Trinajstić information content (AvgIpc) is 3.26. The van der Waals surface area contributed by atoms with Gasteiger partial charge in [0.15, 0.2) is 5.82 Å². The molecule has 1 aromatic carbocycles. The van der Waals surface area contributed by atoms with Gasteiger partial charge in [-0.15, -0.1) is 0 Å². The van der Waals surface area contributed by atoms with E-state index in [1.54, 1.807) is 0 Å². The summed E-state index contributed by atoms with van der Waals surface area (Å²) in [6.07, 6.45) is 1.04. The molecule has 1 atom stereocenters. The van der Waals surface area contributed by atoms with Gasteiger partial charge in [-0.05, 0) is 61.3 Å². The Morgan fingerprint density at radius 2 is 2.03 bits per heavy atom. The molecule has 11 nitrogen and oxygen atoms in total. The minimum Gasteiger partial charge on any atom is -0.471 e. The predicted molar refractivity (Wildman–Crippen MR) is 130 cm³/mol. The Morgan fingerprint density at radius 1 is 1.33 bits per heavy atom. The van der Waals surface area contributed by atoms with Gasteiger partial charge in [-0.3, -0.25) is 14.9 Å². The fraction of sp³-hybridized carbons (Fsp3) is 0.500. The Bertz CT molecular complexity index is 1230. The number of piperidine rings is 1. The van der Waals surface area contributed by atoms with Crippen molar-refractivity contribution in [3.05, 3.63) is 31.5 Å².